The Morgan fingerprint density at radius 3 is 2.78 bits per heavy atom. The quantitative estimate of drug-likeness (QED) is 0.849. The Labute approximate surface area is 122 Å². The molecule has 1 N–H and O–H groups in total. The number of benzene rings is 1. The van der Waals surface area contributed by atoms with Gasteiger partial charge in [0.1, 0.15) is 11.9 Å². The number of halogens is 2. The van der Waals surface area contributed by atoms with Gasteiger partial charge in [0.25, 0.3) is 0 Å². The van der Waals surface area contributed by atoms with Gasteiger partial charge in [-0.3, -0.25) is 0 Å². The van der Waals surface area contributed by atoms with E-state index in [0.717, 1.165) is 20.2 Å². The van der Waals surface area contributed by atoms with Gasteiger partial charge in [0.2, 0.25) is 0 Å². The number of pyridine rings is 1. The number of rotatable bonds is 2. The van der Waals surface area contributed by atoms with Gasteiger partial charge in [0.05, 0.1) is 15.7 Å². The highest BCUT2D eigenvalue weighted by Gasteiger charge is 2.08. The minimum Gasteiger partial charge on any atom is -0.338 e. The summed E-state index contributed by atoms with van der Waals surface area (Å²) in [4.78, 5) is 4.26. The monoisotopic (exact) mass is 365 g/mol. The molecule has 18 heavy (non-hydrogen) atoms. The highest BCUT2D eigenvalue weighted by Crippen LogP contribution is 2.29. The Kier molecular flexibility index (Phi) is 4.00. The number of nitrogens with zero attached hydrogens (tertiary/aromatic N) is 2. The average Bonchev–Trinajstić information content (AvgIpc) is 2.35. The summed E-state index contributed by atoms with van der Waals surface area (Å²) in [5, 5.41) is 12.2. The van der Waals surface area contributed by atoms with E-state index in [1.807, 2.05) is 25.1 Å². The molecule has 1 aromatic carbocycles. The van der Waals surface area contributed by atoms with Crippen molar-refractivity contribution in [3.63, 3.8) is 0 Å². The van der Waals surface area contributed by atoms with Crippen molar-refractivity contribution in [3.8, 4) is 6.07 Å². The van der Waals surface area contributed by atoms with Crippen LogP contribution in [-0.2, 0) is 0 Å². The molecule has 0 aliphatic carbocycles. The molecule has 0 bridgehead atoms. The molecule has 1 heterocycles. The molecule has 0 spiro atoms. The number of nitrogens with one attached hydrogen (secondary N) is 1. The summed E-state index contributed by atoms with van der Waals surface area (Å²) in [5.41, 5.74) is 2.39. The van der Waals surface area contributed by atoms with Crippen molar-refractivity contribution in [2.45, 2.75) is 6.92 Å². The maximum absolute atomic E-state index is 9.07. The van der Waals surface area contributed by atoms with Crippen LogP contribution in [0.1, 0.15) is 11.1 Å². The van der Waals surface area contributed by atoms with E-state index in [2.05, 4.69) is 48.2 Å². The van der Waals surface area contributed by atoms with Crippen LogP contribution in [0.2, 0.25) is 0 Å². The molecule has 0 aliphatic heterocycles. The molecular weight excluding hydrogens is 358 g/mol. The molecule has 2 rings (SSSR count). The van der Waals surface area contributed by atoms with Gasteiger partial charge < -0.3 is 5.32 Å². The lowest BCUT2D eigenvalue weighted by atomic mass is 10.2. The Balaban J connectivity index is 2.43. The lowest BCUT2D eigenvalue weighted by molar-refractivity contribution is 1.25. The highest BCUT2D eigenvalue weighted by atomic mass is 79.9. The zero-order chi connectivity index (χ0) is 13.1. The zero-order valence-electron chi connectivity index (χ0n) is 9.54. The summed E-state index contributed by atoms with van der Waals surface area (Å²) in [6, 6.07) is 9.52. The Bertz CT molecular complexity index is 633. The second kappa shape index (κ2) is 5.51. The minimum atomic E-state index is 0.577. The lowest BCUT2D eigenvalue weighted by Gasteiger charge is -2.10. The Morgan fingerprint density at radius 1 is 1.28 bits per heavy atom. The standard InChI is InChI=1S/C13H9Br2N3/c1-8-4-5-17-13(12(8)15)18-11-6-10(14)3-2-9(11)7-16/h2-6H,1H3,(H,17,18). The molecular formula is C13H9Br2N3. The number of hydrogen-bond donors (Lipinski definition) is 1. The molecule has 3 nitrogen and oxygen atoms in total. The SMILES string of the molecule is Cc1ccnc(Nc2cc(Br)ccc2C#N)c1Br. The van der Waals surface area contributed by atoms with E-state index in [9.17, 15) is 0 Å². The lowest BCUT2D eigenvalue weighted by Crippen LogP contribution is -1.98. The van der Waals surface area contributed by atoms with Gasteiger partial charge in [0, 0.05) is 10.7 Å². The van der Waals surface area contributed by atoms with E-state index in [1.54, 1.807) is 12.3 Å². The van der Waals surface area contributed by atoms with Crippen LogP contribution in [0.15, 0.2) is 39.4 Å². The van der Waals surface area contributed by atoms with Crippen LogP contribution in [0, 0.1) is 18.3 Å². The van der Waals surface area contributed by atoms with Crippen molar-refractivity contribution in [2.75, 3.05) is 5.32 Å². The van der Waals surface area contributed by atoms with Gasteiger partial charge in [-0.2, -0.15) is 5.26 Å². The maximum atomic E-state index is 9.07. The first kappa shape index (κ1) is 13.1. The van der Waals surface area contributed by atoms with E-state index in [1.165, 1.54) is 0 Å². The molecule has 0 atom stereocenters. The smallest absolute Gasteiger partial charge is 0.144 e. The Hall–Kier alpha value is -1.38. The molecule has 0 amide bonds. The van der Waals surface area contributed by atoms with Crippen molar-refractivity contribution in [1.29, 1.82) is 5.26 Å². The summed E-state index contributed by atoms with van der Waals surface area (Å²) in [5.74, 6) is 0.699. The number of aromatic nitrogens is 1. The van der Waals surface area contributed by atoms with E-state index >= 15 is 0 Å². The van der Waals surface area contributed by atoms with Gasteiger partial charge in [0.15, 0.2) is 0 Å². The second-order valence-corrected chi connectivity index (χ2v) is 5.43. The summed E-state index contributed by atoms with van der Waals surface area (Å²) < 4.78 is 1.81. The van der Waals surface area contributed by atoms with Crippen LogP contribution in [0.4, 0.5) is 11.5 Å². The molecule has 90 valence electrons. The number of nitriles is 1. The van der Waals surface area contributed by atoms with E-state index in [4.69, 9.17) is 5.26 Å². The fourth-order valence-corrected chi connectivity index (χ4v) is 2.17. The summed E-state index contributed by atoms with van der Waals surface area (Å²) in [6.45, 7) is 1.99. The summed E-state index contributed by atoms with van der Waals surface area (Å²) in [6.07, 6.45) is 1.73. The van der Waals surface area contributed by atoms with Gasteiger partial charge in [-0.15, -0.1) is 0 Å². The van der Waals surface area contributed by atoms with Crippen molar-refractivity contribution in [1.82, 2.24) is 4.98 Å². The molecule has 1 aromatic heterocycles. The topological polar surface area (TPSA) is 48.7 Å². The molecule has 0 unspecified atom stereocenters. The molecule has 0 saturated carbocycles. The van der Waals surface area contributed by atoms with Gasteiger partial charge in [-0.1, -0.05) is 15.9 Å². The van der Waals surface area contributed by atoms with Crippen molar-refractivity contribution >= 4 is 43.4 Å². The summed E-state index contributed by atoms with van der Waals surface area (Å²) in [7, 11) is 0. The first-order chi connectivity index (χ1) is 8.61. The van der Waals surface area contributed by atoms with Crippen LogP contribution in [0.5, 0.6) is 0 Å². The number of hydrogen-bond acceptors (Lipinski definition) is 3. The third-order valence-electron chi connectivity index (χ3n) is 2.44. The van der Waals surface area contributed by atoms with Gasteiger partial charge in [-0.25, -0.2) is 4.98 Å². The van der Waals surface area contributed by atoms with E-state index in [-0.39, 0.29) is 0 Å². The van der Waals surface area contributed by atoms with Crippen LogP contribution < -0.4 is 5.32 Å². The van der Waals surface area contributed by atoms with E-state index < -0.39 is 0 Å². The predicted octanol–water partition coefficient (Wildman–Crippen LogP) is 4.53. The third-order valence-corrected chi connectivity index (χ3v) is 3.93. The van der Waals surface area contributed by atoms with Crippen molar-refractivity contribution in [2.24, 2.45) is 0 Å². The largest absolute Gasteiger partial charge is 0.338 e. The highest BCUT2D eigenvalue weighted by molar-refractivity contribution is 9.11. The predicted molar refractivity (Wildman–Crippen MR) is 78.8 cm³/mol. The van der Waals surface area contributed by atoms with Gasteiger partial charge in [-0.05, 0) is 52.7 Å². The Morgan fingerprint density at radius 2 is 2.06 bits per heavy atom. The van der Waals surface area contributed by atoms with Crippen molar-refractivity contribution < 1.29 is 0 Å². The van der Waals surface area contributed by atoms with Crippen molar-refractivity contribution in [3.05, 3.63) is 50.5 Å². The first-order valence-corrected chi connectivity index (χ1v) is 6.78. The zero-order valence-corrected chi connectivity index (χ0v) is 12.7. The number of anilines is 2. The second-order valence-electron chi connectivity index (χ2n) is 3.72. The van der Waals surface area contributed by atoms with Crippen LogP contribution in [0.3, 0.4) is 0 Å². The first-order valence-electron chi connectivity index (χ1n) is 5.19. The molecule has 0 fully saturated rings. The van der Waals surface area contributed by atoms with Gasteiger partial charge >= 0.3 is 0 Å². The number of aryl methyl sites for hydroxylation is 1. The molecule has 0 aliphatic rings. The molecule has 2 aromatic rings. The molecule has 0 radical (unpaired) electrons. The normalized spacial score (nSPS) is 9.89. The van der Waals surface area contributed by atoms with E-state index in [0.29, 0.717) is 11.4 Å². The third kappa shape index (κ3) is 2.71. The van der Waals surface area contributed by atoms with Crippen LogP contribution in [-0.4, -0.2) is 4.98 Å². The fraction of sp³-hybridized carbons (Fsp3) is 0.0769. The summed E-state index contributed by atoms with van der Waals surface area (Å²) >= 11 is 6.87. The molecule has 5 heteroatoms. The van der Waals surface area contributed by atoms with Crippen LogP contribution in [0.25, 0.3) is 0 Å². The fourth-order valence-electron chi connectivity index (χ4n) is 1.47. The maximum Gasteiger partial charge on any atom is 0.144 e. The van der Waals surface area contributed by atoms with Crippen LogP contribution >= 0.6 is 31.9 Å². The minimum absolute atomic E-state index is 0.577. The molecule has 0 saturated heterocycles. The average molecular weight is 367 g/mol.